The van der Waals surface area contributed by atoms with Gasteiger partial charge in [-0.15, -0.1) is 11.8 Å². The fourth-order valence-corrected chi connectivity index (χ4v) is 2.84. The molecule has 0 bridgehead atoms. The van der Waals surface area contributed by atoms with Gasteiger partial charge in [0.1, 0.15) is 11.5 Å². The van der Waals surface area contributed by atoms with E-state index in [-0.39, 0.29) is 11.7 Å². The third-order valence-electron chi connectivity index (χ3n) is 3.34. The molecule has 0 heterocycles. The molecule has 138 valence electrons. The van der Waals surface area contributed by atoms with E-state index in [0.29, 0.717) is 18.0 Å². The Balaban J connectivity index is 1.86. The molecule has 6 nitrogen and oxygen atoms in total. The standard InChI is InChI=1S/C19H21NO5S/c1-3-24-14-4-7-16(8-5-14)26-12-18(21)20-17-9-6-15(10-13(17)2)25-11-19(22)23/h4-10H,3,11-12H2,1-2H3,(H,20,21)(H,22,23). The van der Waals surface area contributed by atoms with Gasteiger partial charge in [-0.25, -0.2) is 4.79 Å². The number of anilines is 1. The number of hydrogen-bond donors (Lipinski definition) is 2. The van der Waals surface area contributed by atoms with E-state index in [4.69, 9.17) is 14.6 Å². The first-order valence-corrected chi connectivity index (χ1v) is 9.07. The molecule has 0 aromatic heterocycles. The Labute approximate surface area is 156 Å². The van der Waals surface area contributed by atoms with E-state index in [2.05, 4.69) is 5.32 Å². The molecule has 0 aliphatic heterocycles. The van der Waals surface area contributed by atoms with Crippen molar-refractivity contribution in [3.05, 3.63) is 48.0 Å². The Hall–Kier alpha value is -2.67. The first kappa shape index (κ1) is 19.7. The van der Waals surface area contributed by atoms with Gasteiger partial charge in [0.15, 0.2) is 6.61 Å². The fraction of sp³-hybridized carbons (Fsp3) is 0.263. The molecular formula is C19H21NO5S. The van der Waals surface area contributed by atoms with Gasteiger partial charge >= 0.3 is 5.97 Å². The number of aliphatic carboxylic acids is 1. The summed E-state index contributed by atoms with van der Waals surface area (Å²) in [7, 11) is 0. The minimum absolute atomic E-state index is 0.119. The van der Waals surface area contributed by atoms with Gasteiger partial charge < -0.3 is 19.9 Å². The van der Waals surface area contributed by atoms with E-state index in [1.54, 1.807) is 18.2 Å². The normalized spacial score (nSPS) is 10.2. The van der Waals surface area contributed by atoms with Gasteiger partial charge in [-0.1, -0.05) is 0 Å². The van der Waals surface area contributed by atoms with Crippen LogP contribution in [0.3, 0.4) is 0 Å². The van der Waals surface area contributed by atoms with Crippen LogP contribution >= 0.6 is 11.8 Å². The molecule has 0 aliphatic rings. The minimum atomic E-state index is -1.04. The van der Waals surface area contributed by atoms with Crippen LogP contribution in [-0.4, -0.2) is 35.9 Å². The summed E-state index contributed by atoms with van der Waals surface area (Å²) in [5.41, 5.74) is 1.47. The van der Waals surface area contributed by atoms with Gasteiger partial charge in [-0.05, 0) is 61.9 Å². The van der Waals surface area contributed by atoms with Gasteiger partial charge in [0, 0.05) is 10.6 Å². The predicted molar refractivity (Wildman–Crippen MR) is 101 cm³/mol. The molecule has 0 spiro atoms. The van der Waals surface area contributed by atoms with Crippen LogP contribution in [0.4, 0.5) is 5.69 Å². The molecule has 0 radical (unpaired) electrons. The number of carboxylic acid groups (broad SMARTS) is 1. The van der Waals surface area contributed by atoms with E-state index in [9.17, 15) is 9.59 Å². The fourth-order valence-electron chi connectivity index (χ4n) is 2.15. The molecular weight excluding hydrogens is 354 g/mol. The topological polar surface area (TPSA) is 84.9 Å². The number of nitrogens with one attached hydrogen (secondary N) is 1. The number of carbonyl (C=O) groups is 2. The number of carboxylic acids is 1. The maximum atomic E-state index is 12.1. The molecule has 2 N–H and O–H groups in total. The van der Waals surface area contributed by atoms with Crippen LogP contribution < -0.4 is 14.8 Å². The number of thioether (sulfide) groups is 1. The quantitative estimate of drug-likeness (QED) is 0.652. The highest BCUT2D eigenvalue weighted by Crippen LogP contribution is 2.24. The monoisotopic (exact) mass is 375 g/mol. The van der Waals surface area contributed by atoms with E-state index >= 15 is 0 Å². The van der Waals surface area contributed by atoms with Crippen molar-refractivity contribution in [1.82, 2.24) is 0 Å². The average Bonchev–Trinajstić information content (AvgIpc) is 2.61. The number of benzene rings is 2. The zero-order chi connectivity index (χ0) is 18.9. The highest BCUT2D eigenvalue weighted by Gasteiger charge is 2.08. The number of hydrogen-bond acceptors (Lipinski definition) is 5. The van der Waals surface area contributed by atoms with Crippen LogP contribution in [0.15, 0.2) is 47.4 Å². The Kier molecular flexibility index (Phi) is 7.35. The third kappa shape index (κ3) is 6.33. The summed E-state index contributed by atoms with van der Waals surface area (Å²) < 4.78 is 10.5. The lowest BCUT2D eigenvalue weighted by Crippen LogP contribution is -2.15. The van der Waals surface area contributed by atoms with Crippen LogP contribution in [0, 0.1) is 6.92 Å². The molecule has 0 saturated heterocycles. The second-order valence-corrected chi connectivity index (χ2v) is 6.45. The maximum absolute atomic E-state index is 12.1. The molecule has 0 unspecified atom stereocenters. The van der Waals surface area contributed by atoms with E-state index in [0.717, 1.165) is 16.2 Å². The largest absolute Gasteiger partial charge is 0.494 e. The summed E-state index contributed by atoms with van der Waals surface area (Å²) in [6.07, 6.45) is 0. The summed E-state index contributed by atoms with van der Waals surface area (Å²) >= 11 is 1.44. The molecule has 0 fully saturated rings. The van der Waals surface area contributed by atoms with E-state index in [1.165, 1.54) is 11.8 Å². The third-order valence-corrected chi connectivity index (χ3v) is 4.35. The Morgan fingerprint density at radius 1 is 1.08 bits per heavy atom. The maximum Gasteiger partial charge on any atom is 0.341 e. The van der Waals surface area contributed by atoms with Gasteiger partial charge in [0.25, 0.3) is 0 Å². The summed E-state index contributed by atoms with van der Waals surface area (Å²) in [5, 5.41) is 11.5. The number of carbonyl (C=O) groups excluding carboxylic acids is 1. The Bertz CT molecular complexity index is 761. The molecule has 0 aliphatic carbocycles. The Morgan fingerprint density at radius 2 is 1.77 bits per heavy atom. The molecule has 2 aromatic rings. The highest BCUT2D eigenvalue weighted by molar-refractivity contribution is 8.00. The van der Waals surface area contributed by atoms with Crippen molar-refractivity contribution < 1.29 is 24.2 Å². The van der Waals surface area contributed by atoms with Crippen LogP contribution in [0.5, 0.6) is 11.5 Å². The smallest absolute Gasteiger partial charge is 0.341 e. The first-order chi connectivity index (χ1) is 12.5. The molecule has 2 rings (SSSR count). The summed E-state index contributed by atoms with van der Waals surface area (Å²) in [5.74, 6) is 0.386. The SMILES string of the molecule is CCOc1ccc(SCC(=O)Nc2ccc(OCC(=O)O)cc2C)cc1. The lowest BCUT2D eigenvalue weighted by Gasteiger charge is -2.11. The van der Waals surface area contributed by atoms with Crippen molar-refractivity contribution in [2.24, 2.45) is 0 Å². The predicted octanol–water partition coefficient (Wildman–Crippen LogP) is 3.59. The molecule has 26 heavy (non-hydrogen) atoms. The molecule has 1 amide bonds. The summed E-state index contributed by atoms with van der Waals surface area (Å²) in [6, 6.07) is 12.6. The second-order valence-electron chi connectivity index (χ2n) is 5.40. The van der Waals surface area contributed by atoms with Crippen molar-refractivity contribution in [3.8, 4) is 11.5 Å². The van der Waals surface area contributed by atoms with E-state index < -0.39 is 12.6 Å². The summed E-state index contributed by atoms with van der Waals surface area (Å²) in [4.78, 5) is 23.6. The minimum Gasteiger partial charge on any atom is -0.494 e. The first-order valence-electron chi connectivity index (χ1n) is 8.08. The lowest BCUT2D eigenvalue weighted by molar-refractivity contribution is -0.139. The highest BCUT2D eigenvalue weighted by atomic mass is 32.2. The number of ether oxygens (including phenoxy) is 2. The van der Waals surface area contributed by atoms with Crippen molar-refractivity contribution in [3.63, 3.8) is 0 Å². The number of rotatable bonds is 9. The van der Waals surface area contributed by atoms with Crippen molar-refractivity contribution in [1.29, 1.82) is 0 Å². The van der Waals surface area contributed by atoms with Crippen LogP contribution in [0.1, 0.15) is 12.5 Å². The zero-order valence-electron chi connectivity index (χ0n) is 14.7. The average molecular weight is 375 g/mol. The van der Waals surface area contributed by atoms with Crippen LogP contribution in [0.25, 0.3) is 0 Å². The van der Waals surface area contributed by atoms with E-state index in [1.807, 2.05) is 38.1 Å². The molecule has 0 atom stereocenters. The zero-order valence-corrected chi connectivity index (χ0v) is 15.5. The molecule has 2 aromatic carbocycles. The van der Waals surface area contributed by atoms with Gasteiger partial charge in [0.05, 0.1) is 12.4 Å². The van der Waals surface area contributed by atoms with Crippen molar-refractivity contribution in [2.75, 3.05) is 24.3 Å². The van der Waals surface area contributed by atoms with Gasteiger partial charge in [-0.3, -0.25) is 4.79 Å². The number of amides is 1. The molecule has 0 saturated carbocycles. The van der Waals surface area contributed by atoms with Crippen molar-refractivity contribution >= 4 is 29.3 Å². The van der Waals surface area contributed by atoms with Crippen molar-refractivity contribution in [2.45, 2.75) is 18.7 Å². The van der Waals surface area contributed by atoms with Crippen LogP contribution in [-0.2, 0) is 9.59 Å². The molecule has 7 heteroatoms. The van der Waals surface area contributed by atoms with Crippen LogP contribution in [0.2, 0.25) is 0 Å². The summed E-state index contributed by atoms with van der Waals surface area (Å²) in [6.45, 7) is 3.97. The van der Waals surface area contributed by atoms with Gasteiger partial charge in [0.2, 0.25) is 5.91 Å². The lowest BCUT2D eigenvalue weighted by atomic mass is 10.2. The van der Waals surface area contributed by atoms with Gasteiger partial charge in [-0.2, -0.15) is 0 Å². The second kappa shape index (κ2) is 9.72. The number of aryl methyl sites for hydroxylation is 1. The Morgan fingerprint density at radius 3 is 2.38 bits per heavy atom.